The normalized spacial score (nSPS) is 11.9. The van der Waals surface area contributed by atoms with E-state index in [1.807, 2.05) is 6.92 Å². The Morgan fingerprint density at radius 2 is 1.76 bits per heavy atom. The fourth-order valence-corrected chi connectivity index (χ4v) is 0.989. The van der Waals surface area contributed by atoms with Crippen molar-refractivity contribution in [2.24, 2.45) is 0 Å². The van der Waals surface area contributed by atoms with E-state index in [1.165, 1.54) is 14.0 Å². The summed E-state index contributed by atoms with van der Waals surface area (Å²) in [6.07, 6.45) is 0.124. The number of carbonyl (C=O) groups excluding carboxylic acids is 2. The number of carbonyl (C=O) groups is 2. The van der Waals surface area contributed by atoms with Gasteiger partial charge in [-0.2, -0.15) is 0 Å². The fourth-order valence-electron chi connectivity index (χ4n) is 0.989. The molecular formula is C11H20O6. The Balaban J connectivity index is 3.61. The SMILES string of the molecule is CCCC(=O)OC(C)OC(=O)COCCOC. The summed E-state index contributed by atoms with van der Waals surface area (Å²) in [7, 11) is 1.54. The van der Waals surface area contributed by atoms with E-state index in [4.69, 9.17) is 18.9 Å². The van der Waals surface area contributed by atoms with E-state index in [-0.39, 0.29) is 12.6 Å². The van der Waals surface area contributed by atoms with Crippen LogP contribution in [0.5, 0.6) is 0 Å². The molecule has 0 aromatic heterocycles. The van der Waals surface area contributed by atoms with Crippen LogP contribution in [0.4, 0.5) is 0 Å². The summed E-state index contributed by atoms with van der Waals surface area (Å²) in [5.74, 6) is -0.953. The second kappa shape index (κ2) is 10.0. The highest BCUT2D eigenvalue weighted by Gasteiger charge is 2.13. The van der Waals surface area contributed by atoms with Gasteiger partial charge in [-0.15, -0.1) is 0 Å². The summed E-state index contributed by atoms with van der Waals surface area (Å²) in [4.78, 5) is 22.2. The second-order valence-corrected chi connectivity index (χ2v) is 3.34. The van der Waals surface area contributed by atoms with E-state index in [0.717, 1.165) is 0 Å². The van der Waals surface area contributed by atoms with Crippen LogP contribution in [0.25, 0.3) is 0 Å². The zero-order chi connectivity index (χ0) is 13.1. The minimum absolute atomic E-state index is 0.182. The van der Waals surface area contributed by atoms with Crippen molar-refractivity contribution in [2.75, 3.05) is 26.9 Å². The van der Waals surface area contributed by atoms with Crippen molar-refractivity contribution >= 4 is 11.9 Å². The molecule has 0 heterocycles. The highest BCUT2D eigenvalue weighted by Crippen LogP contribution is 1.99. The first-order valence-electron chi connectivity index (χ1n) is 5.55. The zero-order valence-corrected chi connectivity index (χ0v) is 10.6. The van der Waals surface area contributed by atoms with E-state index in [2.05, 4.69) is 0 Å². The van der Waals surface area contributed by atoms with E-state index >= 15 is 0 Å². The van der Waals surface area contributed by atoms with Crippen LogP contribution in [0.3, 0.4) is 0 Å². The topological polar surface area (TPSA) is 71.1 Å². The molecule has 0 aromatic rings. The molecule has 0 spiro atoms. The van der Waals surface area contributed by atoms with Gasteiger partial charge in [-0.3, -0.25) is 4.79 Å². The van der Waals surface area contributed by atoms with Crippen LogP contribution in [0.2, 0.25) is 0 Å². The molecule has 0 aliphatic carbocycles. The van der Waals surface area contributed by atoms with E-state index < -0.39 is 12.3 Å². The first-order chi connectivity index (χ1) is 8.10. The predicted octanol–water partition coefficient (Wildman–Crippen LogP) is 0.882. The first kappa shape index (κ1) is 15.9. The van der Waals surface area contributed by atoms with Crippen LogP contribution in [0.15, 0.2) is 0 Å². The van der Waals surface area contributed by atoms with Gasteiger partial charge >= 0.3 is 11.9 Å². The van der Waals surface area contributed by atoms with E-state index in [1.54, 1.807) is 0 Å². The maximum absolute atomic E-state index is 11.2. The van der Waals surface area contributed by atoms with Crippen molar-refractivity contribution in [1.29, 1.82) is 0 Å². The quantitative estimate of drug-likeness (QED) is 0.343. The third kappa shape index (κ3) is 9.77. The Morgan fingerprint density at radius 1 is 1.12 bits per heavy atom. The summed E-state index contributed by atoms with van der Waals surface area (Å²) in [6, 6.07) is 0. The van der Waals surface area contributed by atoms with Gasteiger partial charge < -0.3 is 18.9 Å². The molecule has 0 aromatic carbocycles. The van der Waals surface area contributed by atoms with E-state index in [9.17, 15) is 9.59 Å². The van der Waals surface area contributed by atoms with Crippen LogP contribution in [-0.4, -0.2) is 45.2 Å². The smallest absolute Gasteiger partial charge is 0.335 e. The third-order valence-electron chi connectivity index (χ3n) is 1.70. The second-order valence-electron chi connectivity index (χ2n) is 3.34. The number of methoxy groups -OCH3 is 1. The van der Waals surface area contributed by atoms with Crippen LogP contribution in [0, 0.1) is 0 Å². The summed E-state index contributed by atoms with van der Waals surface area (Å²) < 4.78 is 19.3. The van der Waals surface area contributed by atoms with Crippen molar-refractivity contribution in [3.63, 3.8) is 0 Å². The number of hydrogen-bond donors (Lipinski definition) is 0. The molecule has 0 bridgehead atoms. The molecule has 0 aliphatic heterocycles. The number of esters is 2. The average molecular weight is 248 g/mol. The lowest BCUT2D eigenvalue weighted by molar-refractivity contribution is -0.187. The Morgan fingerprint density at radius 3 is 2.35 bits per heavy atom. The first-order valence-corrected chi connectivity index (χ1v) is 5.55. The van der Waals surface area contributed by atoms with Crippen LogP contribution in [-0.2, 0) is 28.5 Å². The van der Waals surface area contributed by atoms with Gasteiger partial charge in [0.05, 0.1) is 13.2 Å². The van der Waals surface area contributed by atoms with Gasteiger partial charge in [0.2, 0.25) is 6.29 Å². The zero-order valence-electron chi connectivity index (χ0n) is 10.6. The molecule has 0 fully saturated rings. The van der Waals surface area contributed by atoms with Gasteiger partial charge in [0.25, 0.3) is 0 Å². The average Bonchev–Trinajstić information content (AvgIpc) is 2.24. The van der Waals surface area contributed by atoms with Crippen LogP contribution < -0.4 is 0 Å². The molecule has 0 aliphatic rings. The maximum atomic E-state index is 11.2. The lowest BCUT2D eigenvalue weighted by Gasteiger charge is -2.13. The largest absolute Gasteiger partial charge is 0.425 e. The molecule has 0 rings (SSSR count). The van der Waals surface area contributed by atoms with Gasteiger partial charge in [0.1, 0.15) is 6.61 Å². The van der Waals surface area contributed by atoms with Gasteiger partial charge in [0, 0.05) is 20.5 Å². The molecule has 0 saturated heterocycles. The lowest BCUT2D eigenvalue weighted by Crippen LogP contribution is -2.24. The monoisotopic (exact) mass is 248 g/mol. The third-order valence-corrected chi connectivity index (χ3v) is 1.70. The fraction of sp³-hybridized carbons (Fsp3) is 0.818. The highest BCUT2D eigenvalue weighted by molar-refractivity contribution is 5.72. The summed E-state index contributed by atoms with van der Waals surface area (Å²) >= 11 is 0. The van der Waals surface area contributed by atoms with Crippen molar-refractivity contribution in [2.45, 2.75) is 33.0 Å². The lowest BCUT2D eigenvalue weighted by atomic mass is 10.3. The molecule has 1 unspecified atom stereocenters. The Bertz CT molecular complexity index is 228. The molecule has 0 saturated carbocycles. The summed E-state index contributed by atoms with van der Waals surface area (Å²) in [5, 5.41) is 0. The minimum Gasteiger partial charge on any atom is -0.425 e. The Hall–Kier alpha value is -1.14. The predicted molar refractivity (Wildman–Crippen MR) is 59.2 cm³/mol. The van der Waals surface area contributed by atoms with Crippen molar-refractivity contribution < 1.29 is 28.5 Å². The molecule has 0 amide bonds. The summed E-state index contributed by atoms with van der Waals surface area (Å²) in [6.45, 7) is 3.89. The van der Waals surface area contributed by atoms with Crippen molar-refractivity contribution in [3.05, 3.63) is 0 Å². The molecule has 6 nitrogen and oxygen atoms in total. The highest BCUT2D eigenvalue weighted by atomic mass is 16.7. The standard InChI is InChI=1S/C11H20O6/c1-4-5-10(12)16-9(2)17-11(13)8-15-7-6-14-3/h9H,4-8H2,1-3H3. The molecule has 100 valence electrons. The molecular weight excluding hydrogens is 228 g/mol. The maximum Gasteiger partial charge on any atom is 0.335 e. The summed E-state index contributed by atoms with van der Waals surface area (Å²) in [5.41, 5.74) is 0. The number of hydrogen-bond acceptors (Lipinski definition) is 6. The van der Waals surface area contributed by atoms with Gasteiger partial charge in [-0.05, 0) is 6.42 Å². The van der Waals surface area contributed by atoms with Crippen LogP contribution >= 0.6 is 0 Å². The van der Waals surface area contributed by atoms with Crippen LogP contribution in [0.1, 0.15) is 26.7 Å². The molecule has 1 atom stereocenters. The minimum atomic E-state index is -0.882. The molecule has 17 heavy (non-hydrogen) atoms. The number of ether oxygens (including phenoxy) is 4. The Labute approximate surface area is 101 Å². The molecule has 0 N–H and O–H groups in total. The van der Waals surface area contributed by atoms with Gasteiger partial charge in [0.15, 0.2) is 0 Å². The van der Waals surface area contributed by atoms with Gasteiger partial charge in [-0.25, -0.2) is 4.79 Å². The molecule has 6 heteroatoms. The molecule has 0 radical (unpaired) electrons. The van der Waals surface area contributed by atoms with Crippen molar-refractivity contribution in [3.8, 4) is 0 Å². The number of rotatable bonds is 9. The van der Waals surface area contributed by atoms with Gasteiger partial charge in [-0.1, -0.05) is 6.92 Å². The van der Waals surface area contributed by atoms with Crippen molar-refractivity contribution in [1.82, 2.24) is 0 Å². The Kier molecular flexibility index (Phi) is 9.37. The van der Waals surface area contributed by atoms with E-state index in [0.29, 0.717) is 26.1 Å².